The molecule has 0 aromatic heterocycles. The van der Waals surface area contributed by atoms with Crippen molar-refractivity contribution in [1.82, 2.24) is 0 Å². The molecule has 2 heterocycles. The van der Waals surface area contributed by atoms with Crippen molar-refractivity contribution in [2.75, 3.05) is 99.1 Å². The molecule has 0 fully saturated rings. The van der Waals surface area contributed by atoms with Crippen LogP contribution in [0.1, 0.15) is 244 Å². The molecule has 10 rings (SSSR count). The number of hydrogen-bond donors (Lipinski definition) is 4. The Kier molecular flexibility index (Phi) is 27.1. The predicted octanol–water partition coefficient (Wildman–Crippen LogP) is 18.1. The van der Waals surface area contributed by atoms with Crippen molar-refractivity contribution in [3.63, 3.8) is 0 Å². The van der Waals surface area contributed by atoms with E-state index in [1.165, 1.54) is 12.1 Å². The summed E-state index contributed by atoms with van der Waals surface area (Å²) >= 11 is 0. The van der Waals surface area contributed by atoms with Gasteiger partial charge in [0.15, 0.2) is 0 Å². The Balaban J connectivity index is 1.20. The molecule has 0 unspecified atom stereocenters. The summed E-state index contributed by atoms with van der Waals surface area (Å²) in [7, 11) is -3.93. The zero-order valence-corrected chi connectivity index (χ0v) is 68.8. The van der Waals surface area contributed by atoms with Crippen LogP contribution in [0.2, 0.25) is 0 Å². The van der Waals surface area contributed by atoms with E-state index in [1.807, 2.05) is 6.92 Å². The summed E-state index contributed by atoms with van der Waals surface area (Å²) in [6.07, 6.45) is 2.24. The summed E-state index contributed by atoms with van der Waals surface area (Å²) in [5.74, 6) is 1.81. The first-order valence-electron chi connectivity index (χ1n) is 38.5. The third kappa shape index (κ3) is 22.2. The van der Waals surface area contributed by atoms with Crippen molar-refractivity contribution in [2.45, 2.75) is 221 Å². The van der Waals surface area contributed by atoms with Gasteiger partial charge in [-0.2, -0.15) is 8.42 Å². The zero-order chi connectivity index (χ0) is 78.2. The molecule has 3 aliphatic rings. The maximum atomic E-state index is 13.1. The van der Waals surface area contributed by atoms with Crippen molar-refractivity contribution < 1.29 is 70.9 Å². The van der Waals surface area contributed by atoms with E-state index in [9.17, 15) is 28.8 Å². The lowest BCUT2D eigenvalue weighted by Crippen LogP contribution is -2.38. The Bertz CT molecular complexity index is 3900. The van der Waals surface area contributed by atoms with Gasteiger partial charge in [-0.1, -0.05) is 222 Å². The Morgan fingerprint density at radius 3 is 0.897 bits per heavy atom. The van der Waals surface area contributed by atoms with Crippen molar-refractivity contribution >= 4 is 10.1 Å². The van der Waals surface area contributed by atoms with Crippen molar-refractivity contribution in [2.24, 2.45) is 5.41 Å². The summed E-state index contributed by atoms with van der Waals surface area (Å²) in [6, 6.07) is 32.2. The average molecular weight is 1490 g/mol. The van der Waals surface area contributed by atoms with Crippen LogP contribution in [0.3, 0.4) is 0 Å². The quantitative estimate of drug-likeness (QED) is 0.0541. The van der Waals surface area contributed by atoms with E-state index in [0.29, 0.717) is 75.6 Å². The topological polar surface area (TPSA) is 198 Å². The minimum absolute atomic E-state index is 0.0526. The number of phenols is 4. The zero-order valence-electron chi connectivity index (χ0n) is 68.0. The van der Waals surface area contributed by atoms with Gasteiger partial charge in [-0.05, 0) is 158 Å². The van der Waals surface area contributed by atoms with Gasteiger partial charge in [-0.15, -0.1) is 0 Å². The molecule has 14 bridgehead atoms. The minimum Gasteiger partial charge on any atom is -0.507 e. The first-order valence-corrected chi connectivity index (χ1v) is 39.9. The van der Waals surface area contributed by atoms with E-state index >= 15 is 0 Å². The number of benzene rings is 7. The summed E-state index contributed by atoms with van der Waals surface area (Å²) in [4.78, 5) is 0.0889. The number of fused-ring (bicyclic) bond motifs is 16. The molecule has 0 atom stereocenters. The Labute approximate surface area is 640 Å². The predicted molar refractivity (Wildman–Crippen MR) is 427 cm³/mol. The van der Waals surface area contributed by atoms with Crippen LogP contribution in [-0.2, 0) is 114 Å². The Morgan fingerprint density at radius 2 is 0.607 bits per heavy atom. The molecule has 7 aromatic rings. The fraction of sp³-hybridized carbons (Fsp3) is 0.538. The van der Waals surface area contributed by atoms with E-state index in [2.05, 4.69) is 204 Å². The lowest BCUT2D eigenvalue weighted by molar-refractivity contribution is -0.0901. The highest BCUT2D eigenvalue weighted by Crippen LogP contribution is 2.46. The number of aryl methyl sites for hydroxylation is 1. The highest BCUT2D eigenvalue weighted by Gasteiger charge is 2.33. The van der Waals surface area contributed by atoms with E-state index in [-0.39, 0.29) is 185 Å². The molecule has 1 aliphatic carbocycles. The van der Waals surface area contributed by atoms with Gasteiger partial charge in [0.2, 0.25) is 0 Å². The lowest BCUT2D eigenvalue weighted by Gasteiger charge is -2.32. The van der Waals surface area contributed by atoms with E-state index in [1.54, 1.807) is 12.1 Å². The third-order valence-corrected chi connectivity index (χ3v) is 22.2. The maximum Gasteiger partial charge on any atom is 0.297 e. The molecular weight excluding hydrogens is 1370 g/mol. The molecule has 4 N–H and O–H groups in total. The van der Waals surface area contributed by atoms with Crippen molar-refractivity contribution in [3.05, 3.63) is 203 Å². The third-order valence-electron chi connectivity index (χ3n) is 20.9. The highest BCUT2D eigenvalue weighted by molar-refractivity contribution is 7.86. The van der Waals surface area contributed by atoms with Crippen LogP contribution in [0.4, 0.5) is 0 Å². The van der Waals surface area contributed by atoms with Crippen LogP contribution in [0, 0.1) is 12.3 Å². The van der Waals surface area contributed by atoms with Gasteiger partial charge < -0.3 is 58.3 Å². The molecule has 584 valence electrons. The fourth-order valence-electron chi connectivity index (χ4n) is 13.7. The number of hydrogen-bond acceptors (Lipinski definition) is 15. The fourth-order valence-corrected chi connectivity index (χ4v) is 14.6. The summed E-state index contributed by atoms with van der Waals surface area (Å²) in [5.41, 5.74) is 13.5. The lowest BCUT2D eigenvalue weighted by atomic mass is 9.79. The van der Waals surface area contributed by atoms with Gasteiger partial charge in [0.05, 0.1) is 90.8 Å². The second-order valence-corrected chi connectivity index (χ2v) is 37.6. The highest BCUT2D eigenvalue weighted by atomic mass is 32.2. The number of ether oxygens (including phenoxy) is 8. The molecule has 0 saturated heterocycles. The Morgan fingerprint density at radius 1 is 0.355 bits per heavy atom. The van der Waals surface area contributed by atoms with Gasteiger partial charge >= 0.3 is 0 Å². The van der Waals surface area contributed by atoms with Crippen LogP contribution in [-0.4, -0.2) is 128 Å². The van der Waals surface area contributed by atoms with Gasteiger partial charge in [0.1, 0.15) is 47.7 Å². The maximum absolute atomic E-state index is 13.1. The molecule has 16 heteroatoms. The van der Waals surface area contributed by atoms with E-state index < -0.39 is 15.5 Å². The largest absolute Gasteiger partial charge is 0.507 e. The van der Waals surface area contributed by atoms with E-state index in [0.717, 1.165) is 61.2 Å². The summed E-state index contributed by atoms with van der Waals surface area (Å²) in [5, 5.41) is 52.5. The smallest absolute Gasteiger partial charge is 0.297 e. The monoisotopic (exact) mass is 1490 g/mol. The van der Waals surface area contributed by atoms with Crippen LogP contribution in [0.15, 0.2) is 102 Å². The number of rotatable bonds is 11. The van der Waals surface area contributed by atoms with Crippen LogP contribution in [0.5, 0.6) is 34.5 Å². The normalized spacial score (nSPS) is 16.1. The SMILES string of the molecule is CCC1(COCCOCCOS(=O)(=O)c2ccc(C)cc2)COCCOCCOc2c3cc(C(C)(C)C)cc2Cc2cc(C(C)(C)C)cc(c2O)Cc2cc(C(C)(C)C)cc(c2O)Cc2cc(C(C)(C)C)cc(c2OCCOCCOC1)Cc1cc(C(C)(C)C)cc(c1O)Cc1cc(C(C)(C)C)cc(c1O)C3. The summed E-state index contributed by atoms with van der Waals surface area (Å²) < 4.78 is 82.8. The van der Waals surface area contributed by atoms with E-state index in [4.69, 9.17) is 42.1 Å². The van der Waals surface area contributed by atoms with Crippen molar-refractivity contribution in [3.8, 4) is 34.5 Å². The number of aromatic hydroxyl groups is 4. The molecule has 0 amide bonds. The molecular formula is C91H124O15S. The average Bonchev–Trinajstić information content (AvgIpc) is 0.771. The Hall–Kier alpha value is -6.99. The second kappa shape index (κ2) is 34.5. The molecule has 0 spiro atoms. The van der Waals surface area contributed by atoms with Crippen LogP contribution >= 0.6 is 0 Å². The molecule has 0 radical (unpaired) electrons. The van der Waals surface area contributed by atoms with Gasteiger partial charge in [0.25, 0.3) is 10.1 Å². The first-order chi connectivity index (χ1) is 50.0. The molecule has 2 aliphatic heterocycles. The van der Waals surface area contributed by atoms with Crippen LogP contribution < -0.4 is 9.47 Å². The van der Waals surface area contributed by atoms with Gasteiger partial charge in [-0.3, -0.25) is 4.18 Å². The number of phenolic OH excluding ortho intramolecular Hbond substituents is 4. The molecule has 0 saturated carbocycles. The van der Waals surface area contributed by atoms with Gasteiger partial charge in [0, 0.05) is 43.9 Å². The van der Waals surface area contributed by atoms with Crippen molar-refractivity contribution in [1.29, 1.82) is 0 Å². The minimum atomic E-state index is -3.93. The molecule has 7 aromatic carbocycles. The molecule has 15 nitrogen and oxygen atoms in total. The van der Waals surface area contributed by atoms with Gasteiger partial charge in [-0.25, -0.2) is 0 Å². The standard InChI is InChI=1S/C91H124O15S/c1-21-91(58-103-31-28-100-34-37-106-107(96,97)78-24-22-59(2)23-25-78)56-101-29-26-98-32-35-104-83-68-40-64-48-72(85(3,4)5)44-60(79(64)92)38-61-45-73(86(6,7)8)49-65(80(61)93)41-70-54-77(90(18,19)20)55-71(84(70)105-36-33-99-27-30-102-57-91)43-67-51-75(88(12,13)14)47-63(82(67)95)39-62-46-74(87(9,10)11)50-66(81(62)94)42-69(83)53-76(52-68)89(15,16)17/h22-25,44-55,92-95H,21,26-43,56-58H2,1-20H3. The van der Waals surface area contributed by atoms with Crippen LogP contribution in [0.25, 0.3) is 0 Å². The molecule has 107 heavy (non-hydrogen) atoms. The second-order valence-electron chi connectivity index (χ2n) is 36.0. The first kappa shape index (κ1) is 84.0. The summed E-state index contributed by atoms with van der Waals surface area (Å²) in [6.45, 7) is 46.4.